The van der Waals surface area contributed by atoms with Crippen LogP contribution in [0, 0.1) is 11.3 Å². The van der Waals surface area contributed by atoms with Crippen molar-refractivity contribution in [3.63, 3.8) is 0 Å². The molecule has 0 bridgehead atoms. The Bertz CT molecular complexity index is 431. The van der Waals surface area contributed by atoms with Gasteiger partial charge in [0.25, 0.3) is 0 Å². The van der Waals surface area contributed by atoms with E-state index in [1.165, 1.54) is 19.3 Å². The first-order chi connectivity index (χ1) is 8.83. The quantitative estimate of drug-likeness (QED) is 0.812. The third-order valence-electron chi connectivity index (χ3n) is 3.22. The summed E-state index contributed by atoms with van der Waals surface area (Å²) in [5.74, 6) is 1.45. The van der Waals surface area contributed by atoms with Crippen molar-refractivity contribution in [3.05, 3.63) is 23.8 Å². The van der Waals surface area contributed by atoms with Crippen LogP contribution >= 0.6 is 0 Å². The average molecular weight is 245 g/mol. The Morgan fingerprint density at radius 2 is 2.00 bits per heavy atom. The first kappa shape index (κ1) is 12.8. The summed E-state index contributed by atoms with van der Waals surface area (Å²) < 4.78 is 11.5. The van der Waals surface area contributed by atoms with Gasteiger partial charge in [0, 0.05) is 6.07 Å². The predicted octanol–water partition coefficient (Wildman–Crippen LogP) is 3.67. The number of hydrogen-bond donors (Lipinski definition) is 0. The molecule has 1 aliphatic rings. The number of nitrogens with zero attached hydrogens (tertiary/aromatic N) is 1. The van der Waals surface area contributed by atoms with Crippen LogP contribution in [0.4, 0.5) is 0 Å². The molecule has 0 N–H and O–H groups in total. The number of benzene rings is 1. The Balaban J connectivity index is 2.12. The normalized spacial score (nSPS) is 16.0. The van der Waals surface area contributed by atoms with Crippen LogP contribution in [0.2, 0.25) is 0 Å². The van der Waals surface area contributed by atoms with E-state index in [0.29, 0.717) is 24.0 Å². The van der Waals surface area contributed by atoms with E-state index in [4.69, 9.17) is 14.7 Å². The van der Waals surface area contributed by atoms with Crippen molar-refractivity contribution in [1.82, 2.24) is 0 Å². The molecule has 0 unspecified atom stereocenters. The fraction of sp³-hybridized carbons (Fsp3) is 0.533. The largest absolute Gasteiger partial charge is 0.490 e. The summed E-state index contributed by atoms with van der Waals surface area (Å²) >= 11 is 0. The SMILES string of the molecule is CCOc1cc(C#N)ccc1OC1CCCCC1. The molecule has 0 aromatic heterocycles. The topological polar surface area (TPSA) is 42.2 Å². The van der Waals surface area contributed by atoms with Crippen LogP contribution in [0.3, 0.4) is 0 Å². The fourth-order valence-corrected chi connectivity index (χ4v) is 2.31. The maximum Gasteiger partial charge on any atom is 0.162 e. The lowest BCUT2D eigenvalue weighted by Crippen LogP contribution is -2.20. The Hall–Kier alpha value is -1.69. The summed E-state index contributed by atoms with van der Waals surface area (Å²) in [5, 5.41) is 8.90. The highest BCUT2D eigenvalue weighted by Gasteiger charge is 2.17. The van der Waals surface area contributed by atoms with E-state index < -0.39 is 0 Å². The van der Waals surface area contributed by atoms with Gasteiger partial charge < -0.3 is 9.47 Å². The van der Waals surface area contributed by atoms with Crippen LogP contribution in [0.25, 0.3) is 0 Å². The summed E-state index contributed by atoms with van der Waals surface area (Å²) in [7, 11) is 0. The van der Waals surface area contributed by atoms with Gasteiger partial charge in [0.15, 0.2) is 11.5 Å². The van der Waals surface area contributed by atoms with Gasteiger partial charge >= 0.3 is 0 Å². The van der Waals surface area contributed by atoms with Gasteiger partial charge in [-0.1, -0.05) is 6.42 Å². The molecule has 1 saturated carbocycles. The van der Waals surface area contributed by atoms with E-state index >= 15 is 0 Å². The molecule has 96 valence electrons. The summed E-state index contributed by atoms with van der Waals surface area (Å²) in [6, 6.07) is 7.50. The highest BCUT2D eigenvalue weighted by molar-refractivity contribution is 5.46. The maximum atomic E-state index is 8.90. The van der Waals surface area contributed by atoms with Gasteiger partial charge in [-0.3, -0.25) is 0 Å². The molecule has 0 heterocycles. The Labute approximate surface area is 108 Å². The van der Waals surface area contributed by atoms with Crippen LogP contribution in [0.1, 0.15) is 44.6 Å². The van der Waals surface area contributed by atoms with E-state index in [2.05, 4.69) is 6.07 Å². The minimum absolute atomic E-state index is 0.297. The number of nitriles is 1. The van der Waals surface area contributed by atoms with Crippen molar-refractivity contribution in [2.45, 2.75) is 45.1 Å². The molecule has 0 radical (unpaired) electrons. The average Bonchev–Trinajstić information content (AvgIpc) is 2.42. The molecule has 2 rings (SSSR count). The molecule has 1 aromatic carbocycles. The molecule has 3 heteroatoms. The second-order valence-electron chi connectivity index (χ2n) is 4.58. The summed E-state index contributed by atoms with van der Waals surface area (Å²) in [5.41, 5.74) is 0.606. The zero-order valence-electron chi connectivity index (χ0n) is 10.8. The second-order valence-corrected chi connectivity index (χ2v) is 4.58. The Kier molecular flexibility index (Phi) is 4.46. The minimum atomic E-state index is 0.297. The maximum absolute atomic E-state index is 8.90. The van der Waals surface area contributed by atoms with Crippen molar-refractivity contribution in [1.29, 1.82) is 5.26 Å². The molecule has 3 nitrogen and oxygen atoms in total. The van der Waals surface area contributed by atoms with Crippen LogP contribution in [0.15, 0.2) is 18.2 Å². The molecule has 1 fully saturated rings. The highest BCUT2D eigenvalue weighted by atomic mass is 16.5. The van der Waals surface area contributed by atoms with Crippen molar-refractivity contribution in [2.24, 2.45) is 0 Å². The van der Waals surface area contributed by atoms with Gasteiger partial charge in [-0.15, -0.1) is 0 Å². The van der Waals surface area contributed by atoms with Gasteiger partial charge in [0.05, 0.1) is 24.3 Å². The summed E-state index contributed by atoms with van der Waals surface area (Å²) in [6.07, 6.45) is 6.32. The van der Waals surface area contributed by atoms with E-state index in [1.807, 2.05) is 13.0 Å². The lowest BCUT2D eigenvalue weighted by molar-refractivity contribution is 0.148. The van der Waals surface area contributed by atoms with Crippen molar-refractivity contribution < 1.29 is 9.47 Å². The lowest BCUT2D eigenvalue weighted by Gasteiger charge is -2.24. The lowest BCUT2D eigenvalue weighted by atomic mass is 9.98. The van der Waals surface area contributed by atoms with E-state index in [1.54, 1.807) is 12.1 Å². The molecule has 1 aromatic rings. The van der Waals surface area contributed by atoms with Crippen LogP contribution in [0.5, 0.6) is 11.5 Å². The first-order valence-corrected chi connectivity index (χ1v) is 6.67. The standard InChI is InChI=1S/C15H19NO2/c1-2-17-15-10-12(11-16)8-9-14(15)18-13-6-4-3-5-7-13/h8-10,13H,2-7H2,1H3. The van der Waals surface area contributed by atoms with Crippen LogP contribution < -0.4 is 9.47 Å². The zero-order chi connectivity index (χ0) is 12.8. The van der Waals surface area contributed by atoms with Gasteiger partial charge in [-0.2, -0.15) is 5.26 Å². The smallest absolute Gasteiger partial charge is 0.162 e. The zero-order valence-corrected chi connectivity index (χ0v) is 10.8. The van der Waals surface area contributed by atoms with Gasteiger partial charge in [0.2, 0.25) is 0 Å². The van der Waals surface area contributed by atoms with Gasteiger partial charge in [-0.05, 0) is 44.7 Å². The highest BCUT2D eigenvalue weighted by Crippen LogP contribution is 2.32. The first-order valence-electron chi connectivity index (χ1n) is 6.67. The molecular formula is C15H19NO2. The van der Waals surface area contributed by atoms with E-state index in [-0.39, 0.29) is 0 Å². The van der Waals surface area contributed by atoms with Crippen molar-refractivity contribution in [2.75, 3.05) is 6.61 Å². The fourth-order valence-electron chi connectivity index (χ4n) is 2.31. The molecule has 1 aliphatic carbocycles. The Morgan fingerprint density at radius 3 is 2.67 bits per heavy atom. The predicted molar refractivity (Wildman–Crippen MR) is 69.8 cm³/mol. The van der Waals surface area contributed by atoms with Crippen LogP contribution in [-0.2, 0) is 0 Å². The molecule has 0 spiro atoms. The third kappa shape index (κ3) is 3.16. The third-order valence-corrected chi connectivity index (χ3v) is 3.22. The number of ether oxygens (including phenoxy) is 2. The second kappa shape index (κ2) is 6.30. The molecule has 0 aliphatic heterocycles. The molecule has 0 atom stereocenters. The molecule has 0 saturated heterocycles. The van der Waals surface area contributed by atoms with Crippen molar-refractivity contribution in [3.8, 4) is 17.6 Å². The van der Waals surface area contributed by atoms with Crippen LogP contribution in [-0.4, -0.2) is 12.7 Å². The number of rotatable bonds is 4. The van der Waals surface area contributed by atoms with Gasteiger partial charge in [-0.25, -0.2) is 0 Å². The molecule has 18 heavy (non-hydrogen) atoms. The summed E-state index contributed by atoms with van der Waals surface area (Å²) in [4.78, 5) is 0. The molecular weight excluding hydrogens is 226 g/mol. The van der Waals surface area contributed by atoms with Crippen molar-refractivity contribution >= 4 is 0 Å². The monoisotopic (exact) mass is 245 g/mol. The summed E-state index contributed by atoms with van der Waals surface area (Å²) in [6.45, 7) is 2.51. The minimum Gasteiger partial charge on any atom is -0.490 e. The number of hydrogen-bond acceptors (Lipinski definition) is 3. The Morgan fingerprint density at radius 1 is 1.22 bits per heavy atom. The van der Waals surface area contributed by atoms with E-state index in [9.17, 15) is 0 Å². The molecule has 0 amide bonds. The van der Waals surface area contributed by atoms with Gasteiger partial charge in [0.1, 0.15) is 0 Å². The van der Waals surface area contributed by atoms with E-state index in [0.717, 1.165) is 18.6 Å².